The topological polar surface area (TPSA) is 125 Å². The summed E-state index contributed by atoms with van der Waals surface area (Å²) in [6, 6.07) is 14.7. The van der Waals surface area contributed by atoms with E-state index in [2.05, 4.69) is 15.5 Å². The fourth-order valence-corrected chi connectivity index (χ4v) is 3.39. The SMILES string of the molecule is CC(C)c1nn(CC(=O)Nc2ccc([N+](=O)[O-])cc2)c(=O)c2c1cnn2-c1ccccc1. The first kappa shape index (κ1) is 20.9. The smallest absolute Gasteiger partial charge is 0.293 e. The van der Waals surface area contributed by atoms with Crippen LogP contribution in [0.1, 0.15) is 25.5 Å². The van der Waals surface area contributed by atoms with Crippen molar-refractivity contribution in [3.63, 3.8) is 0 Å². The number of nitrogens with one attached hydrogen (secondary N) is 1. The van der Waals surface area contributed by atoms with Crippen LogP contribution < -0.4 is 10.9 Å². The van der Waals surface area contributed by atoms with Crippen LogP contribution in [-0.2, 0) is 11.3 Å². The lowest BCUT2D eigenvalue weighted by molar-refractivity contribution is -0.384. The number of fused-ring (bicyclic) bond motifs is 1. The van der Waals surface area contributed by atoms with Gasteiger partial charge in [0.25, 0.3) is 11.2 Å². The number of anilines is 1. The largest absolute Gasteiger partial charge is 0.324 e. The summed E-state index contributed by atoms with van der Waals surface area (Å²) in [5.74, 6) is -0.483. The highest BCUT2D eigenvalue weighted by atomic mass is 16.6. The Morgan fingerprint density at radius 3 is 2.44 bits per heavy atom. The van der Waals surface area contributed by atoms with Crippen molar-refractivity contribution >= 4 is 28.2 Å². The van der Waals surface area contributed by atoms with Crippen molar-refractivity contribution in [2.45, 2.75) is 26.3 Å². The summed E-state index contributed by atoms with van der Waals surface area (Å²) in [7, 11) is 0. The maximum Gasteiger partial charge on any atom is 0.293 e. The molecule has 0 unspecified atom stereocenters. The van der Waals surface area contributed by atoms with Crippen molar-refractivity contribution in [2.24, 2.45) is 0 Å². The van der Waals surface area contributed by atoms with Crippen LogP contribution in [0.2, 0.25) is 0 Å². The summed E-state index contributed by atoms with van der Waals surface area (Å²) in [4.78, 5) is 36.1. The Kier molecular flexibility index (Phi) is 5.50. The monoisotopic (exact) mass is 432 g/mol. The van der Waals surface area contributed by atoms with Crippen molar-refractivity contribution in [1.29, 1.82) is 0 Å². The van der Waals surface area contributed by atoms with Gasteiger partial charge < -0.3 is 5.32 Å². The number of non-ortho nitro benzene ring substituents is 1. The molecule has 4 aromatic rings. The highest BCUT2D eigenvalue weighted by molar-refractivity contribution is 5.91. The quantitative estimate of drug-likeness (QED) is 0.368. The summed E-state index contributed by atoms with van der Waals surface area (Å²) in [5, 5.41) is 22.9. The number of hydrogen-bond acceptors (Lipinski definition) is 6. The zero-order valence-electron chi connectivity index (χ0n) is 17.4. The van der Waals surface area contributed by atoms with Gasteiger partial charge >= 0.3 is 0 Å². The van der Waals surface area contributed by atoms with E-state index in [4.69, 9.17) is 0 Å². The second-order valence-electron chi connectivity index (χ2n) is 7.51. The van der Waals surface area contributed by atoms with Crippen molar-refractivity contribution in [2.75, 3.05) is 5.32 Å². The highest BCUT2D eigenvalue weighted by Crippen LogP contribution is 2.23. The van der Waals surface area contributed by atoms with Crippen LogP contribution in [0.4, 0.5) is 11.4 Å². The highest BCUT2D eigenvalue weighted by Gasteiger charge is 2.20. The van der Waals surface area contributed by atoms with Gasteiger partial charge in [-0.05, 0) is 30.2 Å². The Morgan fingerprint density at radius 1 is 1.12 bits per heavy atom. The molecule has 2 aromatic heterocycles. The average molecular weight is 432 g/mol. The van der Waals surface area contributed by atoms with Crippen LogP contribution in [0, 0.1) is 10.1 Å². The Bertz CT molecular complexity index is 1360. The van der Waals surface area contributed by atoms with Gasteiger partial charge in [-0.3, -0.25) is 19.7 Å². The third kappa shape index (κ3) is 3.97. The summed E-state index contributed by atoms with van der Waals surface area (Å²) in [6.45, 7) is 3.59. The molecule has 0 bridgehead atoms. The predicted molar refractivity (Wildman–Crippen MR) is 119 cm³/mol. The molecular formula is C22H20N6O4. The first-order valence-electron chi connectivity index (χ1n) is 9.93. The predicted octanol–water partition coefficient (Wildman–Crippen LogP) is 3.25. The number of nitrogens with zero attached hydrogens (tertiary/aromatic N) is 5. The molecule has 0 radical (unpaired) electrons. The molecule has 0 saturated heterocycles. The standard InChI is InChI=1S/C22H20N6O4/c1-14(2)20-18-12-23-27(16-6-4-3-5-7-16)21(18)22(30)26(25-20)13-19(29)24-15-8-10-17(11-9-15)28(31)32/h3-12,14H,13H2,1-2H3,(H,24,29). The van der Waals surface area contributed by atoms with Gasteiger partial charge in [0.2, 0.25) is 5.91 Å². The number of benzene rings is 2. The molecule has 10 heteroatoms. The van der Waals surface area contributed by atoms with E-state index in [1.165, 1.54) is 24.3 Å². The molecule has 162 valence electrons. The molecule has 0 aliphatic carbocycles. The minimum atomic E-state index is -0.520. The van der Waals surface area contributed by atoms with E-state index < -0.39 is 16.4 Å². The molecule has 0 aliphatic rings. The number of nitro benzene ring substituents is 1. The van der Waals surface area contributed by atoms with E-state index in [1.54, 1.807) is 10.9 Å². The molecule has 2 aromatic carbocycles. The first-order valence-corrected chi connectivity index (χ1v) is 9.93. The molecule has 4 rings (SSSR count). The minimum Gasteiger partial charge on any atom is -0.324 e. The number of nitro groups is 1. The fraction of sp³-hybridized carbons (Fsp3) is 0.182. The number of rotatable bonds is 6. The number of hydrogen-bond donors (Lipinski definition) is 1. The maximum absolute atomic E-state index is 13.3. The average Bonchev–Trinajstić information content (AvgIpc) is 3.22. The molecule has 2 heterocycles. The summed E-state index contributed by atoms with van der Waals surface area (Å²) < 4.78 is 2.68. The molecule has 32 heavy (non-hydrogen) atoms. The van der Waals surface area contributed by atoms with Crippen molar-refractivity contribution in [1.82, 2.24) is 19.6 Å². The third-order valence-corrected chi connectivity index (χ3v) is 4.91. The summed E-state index contributed by atoms with van der Waals surface area (Å²) in [6.07, 6.45) is 1.62. The second-order valence-corrected chi connectivity index (χ2v) is 7.51. The molecule has 0 atom stereocenters. The van der Waals surface area contributed by atoms with Gasteiger partial charge in [0.1, 0.15) is 12.1 Å². The molecular weight excluding hydrogens is 412 g/mol. The Labute approximate surface area is 182 Å². The Balaban J connectivity index is 1.70. The van der Waals surface area contributed by atoms with Crippen LogP contribution in [0.25, 0.3) is 16.6 Å². The molecule has 0 saturated carbocycles. The summed E-state index contributed by atoms with van der Waals surface area (Å²) in [5.41, 5.74) is 1.59. The fourth-order valence-electron chi connectivity index (χ4n) is 3.39. The molecule has 0 aliphatic heterocycles. The van der Waals surface area contributed by atoms with E-state index in [1.807, 2.05) is 44.2 Å². The second kappa shape index (κ2) is 8.42. The van der Waals surface area contributed by atoms with E-state index >= 15 is 0 Å². The first-order chi connectivity index (χ1) is 15.3. The van der Waals surface area contributed by atoms with Crippen molar-refractivity contribution < 1.29 is 9.72 Å². The van der Waals surface area contributed by atoms with Crippen LogP contribution in [0.5, 0.6) is 0 Å². The normalized spacial score (nSPS) is 11.1. The lowest BCUT2D eigenvalue weighted by atomic mass is 10.1. The maximum atomic E-state index is 13.3. The summed E-state index contributed by atoms with van der Waals surface area (Å²) >= 11 is 0. The zero-order chi connectivity index (χ0) is 22.8. The molecule has 1 amide bonds. The van der Waals surface area contributed by atoms with Crippen molar-refractivity contribution in [3.8, 4) is 5.69 Å². The van der Waals surface area contributed by atoms with Gasteiger partial charge in [-0.2, -0.15) is 10.2 Å². The molecule has 0 spiro atoms. The van der Waals surface area contributed by atoms with Gasteiger partial charge in [0.15, 0.2) is 0 Å². The van der Waals surface area contributed by atoms with Crippen LogP contribution in [0.3, 0.4) is 0 Å². The lowest BCUT2D eigenvalue weighted by Gasteiger charge is -2.12. The van der Waals surface area contributed by atoms with E-state index in [-0.39, 0.29) is 18.2 Å². The number of carbonyl (C=O) groups is 1. The molecule has 1 N–H and O–H groups in total. The van der Waals surface area contributed by atoms with Crippen LogP contribution in [-0.4, -0.2) is 30.4 Å². The molecule has 10 nitrogen and oxygen atoms in total. The lowest BCUT2D eigenvalue weighted by Crippen LogP contribution is -2.31. The van der Waals surface area contributed by atoms with Gasteiger partial charge in [-0.25, -0.2) is 9.36 Å². The van der Waals surface area contributed by atoms with Crippen LogP contribution in [0.15, 0.2) is 65.6 Å². The zero-order valence-corrected chi connectivity index (χ0v) is 17.4. The van der Waals surface area contributed by atoms with E-state index in [0.717, 1.165) is 10.4 Å². The van der Waals surface area contributed by atoms with E-state index in [0.29, 0.717) is 22.3 Å². The number of amides is 1. The molecule has 0 fully saturated rings. The number of carbonyl (C=O) groups excluding carboxylic acids is 1. The van der Waals surface area contributed by atoms with E-state index in [9.17, 15) is 19.7 Å². The van der Waals surface area contributed by atoms with Gasteiger partial charge in [0.05, 0.1) is 22.5 Å². The van der Waals surface area contributed by atoms with Crippen LogP contribution >= 0.6 is 0 Å². The number of para-hydroxylation sites is 1. The Hall–Kier alpha value is -4.34. The Morgan fingerprint density at radius 2 is 1.81 bits per heavy atom. The number of aromatic nitrogens is 4. The van der Waals surface area contributed by atoms with Crippen molar-refractivity contribution in [3.05, 3.63) is 87.0 Å². The van der Waals surface area contributed by atoms with Gasteiger partial charge in [-0.1, -0.05) is 32.0 Å². The van der Waals surface area contributed by atoms with Gasteiger partial charge in [-0.15, -0.1) is 0 Å². The minimum absolute atomic E-state index is 0.00416. The van der Waals surface area contributed by atoms with Gasteiger partial charge in [0, 0.05) is 23.2 Å². The third-order valence-electron chi connectivity index (χ3n) is 4.91.